The van der Waals surface area contributed by atoms with Gasteiger partial charge in [0.05, 0.1) is 17.2 Å². The molecule has 1 heterocycles. The lowest BCUT2D eigenvalue weighted by atomic mass is 10.3. The largest absolute Gasteiger partial charge is 0.494 e. The first-order valence-corrected chi connectivity index (χ1v) is 12.3. The molecule has 0 aliphatic heterocycles. The Balaban J connectivity index is 1.35. The molecular weight excluding hydrogens is 470 g/mol. The molecule has 4 rings (SSSR count). The van der Waals surface area contributed by atoms with Crippen LogP contribution in [0.1, 0.15) is 12.8 Å². The van der Waals surface area contributed by atoms with Crippen molar-refractivity contribution in [1.82, 2.24) is 4.98 Å². The number of oxazole rings is 1. The molecule has 4 aromatic rings. The predicted octanol–water partition coefficient (Wildman–Crippen LogP) is 4.38. The zero-order valence-electron chi connectivity index (χ0n) is 19.5. The van der Waals surface area contributed by atoms with Crippen LogP contribution in [0.3, 0.4) is 0 Å². The molecule has 0 bridgehead atoms. The van der Waals surface area contributed by atoms with Crippen LogP contribution < -0.4 is 19.1 Å². The predicted molar refractivity (Wildman–Crippen MR) is 133 cm³/mol. The van der Waals surface area contributed by atoms with Crippen LogP contribution in [0.2, 0.25) is 0 Å². The van der Waals surface area contributed by atoms with Gasteiger partial charge in [-0.15, -0.1) is 0 Å². The van der Waals surface area contributed by atoms with Crippen molar-refractivity contribution in [2.24, 2.45) is 0 Å². The monoisotopic (exact) mass is 495 g/mol. The van der Waals surface area contributed by atoms with Crippen LogP contribution in [0.5, 0.6) is 11.5 Å². The van der Waals surface area contributed by atoms with E-state index in [9.17, 15) is 13.2 Å². The summed E-state index contributed by atoms with van der Waals surface area (Å²) < 4.78 is 43.5. The summed E-state index contributed by atoms with van der Waals surface area (Å²) in [7, 11) is -2.28. The Morgan fingerprint density at radius 1 is 1.00 bits per heavy atom. The van der Waals surface area contributed by atoms with Crippen LogP contribution >= 0.6 is 0 Å². The van der Waals surface area contributed by atoms with Crippen LogP contribution in [0.4, 0.5) is 11.4 Å². The van der Waals surface area contributed by atoms with Gasteiger partial charge in [0, 0.05) is 25.7 Å². The van der Waals surface area contributed by atoms with Crippen molar-refractivity contribution < 1.29 is 27.1 Å². The van der Waals surface area contributed by atoms with Gasteiger partial charge in [0.15, 0.2) is 18.1 Å². The minimum absolute atomic E-state index is 0.152. The molecule has 9 nitrogen and oxygen atoms in total. The van der Waals surface area contributed by atoms with Gasteiger partial charge in [-0.2, -0.15) is 0 Å². The van der Waals surface area contributed by atoms with Crippen LogP contribution in [0.15, 0.2) is 76.0 Å². The Kier molecular flexibility index (Phi) is 6.92. The fraction of sp³-hybridized carbons (Fsp3) is 0.200. The second-order valence-corrected chi connectivity index (χ2v) is 9.59. The SMILES string of the molecule is CCOc1ccc(S(=O)(=O)N(C)c2ccc(OCC(=O)Nc3ccc4nc(C)oc4c3)cc2)cc1. The molecule has 0 saturated carbocycles. The lowest BCUT2D eigenvalue weighted by Crippen LogP contribution is -2.26. The molecule has 0 atom stereocenters. The van der Waals surface area contributed by atoms with Gasteiger partial charge in [-0.3, -0.25) is 9.10 Å². The lowest BCUT2D eigenvalue weighted by molar-refractivity contribution is -0.118. The zero-order valence-corrected chi connectivity index (χ0v) is 20.3. The summed E-state index contributed by atoms with van der Waals surface area (Å²) in [4.78, 5) is 16.6. The van der Waals surface area contributed by atoms with Crippen molar-refractivity contribution >= 4 is 38.4 Å². The Morgan fingerprint density at radius 2 is 1.66 bits per heavy atom. The zero-order chi connectivity index (χ0) is 25.0. The minimum atomic E-state index is -3.75. The van der Waals surface area contributed by atoms with Gasteiger partial charge in [-0.1, -0.05) is 0 Å². The first-order valence-electron chi connectivity index (χ1n) is 10.9. The van der Waals surface area contributed by atoms with E-state index in [0.717, 1.165) is 0 Å². The van der Waals surface area contributed by atoms with Gasteiger partial charge in [-0.25, -0.2) is 13.4 Å². The number of rotatable bonds is 9. The number of nitrogens with one attached hydrogen (secondary N) is 1. The van der Waals surface area contributed by atoms with Crippen LogP contribution in [0.25, 0.3) is 11.1 Å². The molecule has 0 fully saturated rings. The summed E-state index contributed by atoms with van der Waals surface area (Å²) in [6.45, 7) is 3.90. The molecule has 1 aromatic heterocycles. The van der Waals surface area contributed by atoms with Crippen molar-refractivity contribution in [3.8, 4) is 11.5 Å². The van der Waals surface area contributed by atoms with Crippen molar-refractivity contribution in [1.29, 1.82) is 0 Å². The minimum Gasteiger partial charge on any atom is -0.494 e. The van der Waals surface area contributed by atoms with Gasteiger partial charge in [0.2, 0.25) is 0 Å². The summed E-state index contributed by atoms with van der Waals surface area (Å²) in [5, 5.41) is 2.74. The fourth-order valence-electron chi connectivity index (χ4n) is 3.39. The first-order chi connectivity index (χ1) is 16.8. The molecule has 35 heavy (non-hydrogen) atoms. The maximum atomic E-state index is 12.9. The molecule has 1 N–H and O–H groups in total. The van der Waals surface area contributed by atoms with E-state index in [1.165, 1.54) is 23.5 Å². The number of benzene rings is 3. The Morgan fingerprint density at radius 3 is 2.34 bits per heavy atom. The number of aryl methyl sites for hydroxylation is 1. The molecule has 10 heteroatoms. The fourth-order valence-corrected chi connectivity index (χ4v) is 4.58. The number of amides is 1. The molecule has 0 unspecified atom stereocenters. The Hall–Kier alpha value is -4.05. The normalized spacial score (nSPS) is 11.3. The third-order valence-corrected chi connectivity index (χ3v) is 6.94. The van der Waals surface area contributed by atoms with Gasteiger partial charge < -0.3 is 19.2 Å². The van der Waals surface area contributed by atoms with E-state index in [2.05, 4.69) is 10.3 Å². The van der Waals surface area contributed by atoms with E-state index in [1.54, 1.807) is 61.5 Å². The second kappa shape index (κ2) is 10.1. The van der Waals surface area contributed by atoms with Gasteiger partial charge in [-0.05, 0) is 67.6 Å². The molecule has 0 radical (unpaired) electrons. The number of fused-ring (bicyclic) bond motifs is 1. The van der Waals surface area contributed by atoms with E-state index in [-0.39, 0.29) is 17.4 Å². The summed E-state index contributed by atoms with van der Waals surface area (Å²) in [5.41, 5.74) is 2.32. The van der Waals surface area contributed by atoms with E-state index in [4.69, 9.17) is 13.9 Å². The molecular formula is C25H25N3O6S. The van der Waals surface area contributed by atoms with E-state index < -0.39 is 10.0 Å². The van der Waals surface area contributed by atoms with Crippen LogP contribution in [-0.4, -0.2) is 39.6 Å². The number of hydrogen-bond donors (Lipinski definition) is 1. The van der Waals surface area contributed by atoms with Crippen molar-refractivity contribution in [3.63, 3.8) is 0 Å². The Bertz CT molecular complexity index is 1430. The smallest absolute Gasteiger partial charge is 0.264 e. The molecule has 1 amide bonds. The number of aromatic nitrogens is 1. The summed E-state index contributed by atoms with van der Waals surface area (Å²) in [6.07, 6.45) is 0. The van der Waals surface area contributed by atoms with Gasteiger partial charge in [0.25, 0.3) is 15.9 Å². The van der Waals surface area contributed by atoms with Crippen LogP contribution in [0, 0.1) is 6.92 Å². The topological polar surface area (TPSA) is 111 Å². The van der Waals surface area contributed by atoms with Crippen LogP contribution in [-0.2, 0) is 14.8 Å². The number of hydrogen-bond acceptors (Lipinski definition) is 7. The molecule has 0 aliphatic rings. The van der Waals surface area contributed by atoms with Gasteiger partial charge >= 0.3 is 0 Å². The molecule has 182 valence electrons. The number of carbonyl (C=O) groups is 1. The summed E-state index contributed by atoms with van der Waals surface area (Å²) in [6, 6.07) is 17.9. The lowest BCUT2D eigenvalue weighted by Gasteiger charge is -2.20. The first kappa shape index (κ1) is 24.1. The quantitative estimate of drug-likeness (QED) is 0.367. The van der Waals surface area contributed by atoms with Crippen molar-refractivity contribution in [3.05, 3.63) is 72.6 Å². The summed E-state index contributed by atoms with van der Waals surface area (Å²) >= 11 is 0. The number of anilines is 2. The standard InChI is InChI=1S/C25H25N3O6S/c1-4-32-20-10-12-22(13-11-20)35(30,31)28(3)19-6-8-21(9-7-19)33-16-25(29)27-18-5-14-23-24(15-18)34-17(2)26-23/h5-15H,4,16H2,1-3H3,(H,27,29). The number of carbonyl (C=O) groups excluding carboxylic acids is 1. The van der Waals surface area contributed by atoms with E-state index in [1.807, 2.05) is 6.92 Å². The average Bonchev–Trinajstić information content (AvgIpc) is 3.22. The highest BCUT2D eigenvalue weighted by Gasteiger charge is 2.21. The third kappa shape index (κ3) is 5.55. The molecule has 0 saturated heterocycles. The molecule has 0 aliphatic carbocycles. The number of ether oxygens (including phenoxy) is 2. The van der Waals surface area contributed by atoms with E-state index >= 15 is 0 Å². The molecule has 3 aromatic carbocycles. The summed E-state index contributed by atoms with van der Waals surface area (Å²) in [5.74, 6) is 1.23. The third-order valence-electron chi connectivity index (χ3n) is 5.14. The van der Waals surface area contributed by atoms with Crippen molar-refractivity contribution in [2.75, 3.05) is 29.9 Å². The van der Waals surface area contributed by atoms with E-state index in [0.29, 0.717) is 46.5 Å². The highest BCUT2D eigenvalue weighted by Crippen LogP contribution is 2.26. The number of nitrogens with zero attached hydrogens (tertiary/aromatic N) is 2. The molecule has 0 spiro atoms. The Labute approximate surface area is 203 Å². The maximum absolute atomic E-state index is 12.9. The maximum Gasteiger partial charge on any atom is 0.264 e. The highest BCUT2D eigenvalue weighted by molar-refractivity contribution is 7.92. The highest BCUT2D eigenvalue weighted by atomic mass is 32.2. The second-order valence-electron chi connectivity index (χ2n) is 7.62. The number of sulfonamides is 1. The van der Waals surface area contributed by atoms with Gasteiger partial charge in [0.1, 0.15) is 17.0 Å². The van der Waals surface area contributed by atoms with Crippen molar-refractivity contribution in [2.45, 2.75) is 18.7 Å². The average molecular weight is 496 g/mol.